The number of para-hydroxylation sites is 1. The minimum absolute atomic E-state index is 0.159. The molecule has 244 valence electrons. The van der Waals surface area contributed by atoms with Crippen molar-refractivity contribution in [1.29, 1.82) is 0 Å². The summed E-state index contributed by atoms with van der Waals surface area (Å²) in [5.41, 5.74) is 2.29. The van der Waals surface area contributed by atoms with Crippen molar-refractivity contribution < 1.29 is 55.7 Å². The van der Waals surface area contributed by atoms with Crippen LogP contribution in [0.15, 0.2) is 48.8 Å². The van der Waals surface area contributed by atoms with Crippen molar-refractivity contribution in [3.63, 3.8) is 0 Å². The van der Waals surface area contributed by atoms with E-state index in [0.29, 0.717) is 6.42 Å². The van der Waals surface area contributed by atoms with E-state index in [1.54, 1.807) is 0 Å². The van der Waals surface area contributed by atoms with E-state index in [-0.39, 0.29) is 17.4 Å². The highest BCUT2D eigenvalue weighted by Crippen LogP contribution is 2.46. The summed E-state index contributed by atoms with van der Waals surface area (Å²) in [6, 6.07) is 12.5. The van der Waals surface area contributed by atoms with Crippen LogP contribution < -0.4 is 4.74 Å². The molecule has 1 amide bonds. The molecule has 2 N–H and O–H groups in total. The lowest BCUT2D eigenvalue weighted by Crippen LogP contribution is -2.50. The van der Waals surface area contributed by atoms with E-state index >= 15 is 0 Å². The monoisotopic (exact) mass is 635 g/mol. The molecule has 2 aliphatic rings. The summed E-state index contributed by atoms with van der Waals surface area (Å²) < 4.78 is 70.1. The third-order valence-corrected chi connectivity index (χ3v) is 7.22. The quantitative estimate of drug-likeness (QED) is 0.399. The summed E-state index contributed by atoms with van der Waals surface area (Å²) in [5.74, 6) is -4.06. The first-order valence-electron chi connectivity index (χ1n) is 13.8. The van der Waals surface area contributed by atoms with Crippen molar-refractivity contribution in [2.45, 2.75) is 69.9 Å². The zero-order valence-electron chi connectivity index (χ0n) is 24.2. The van der Waals surface area contributed by atoms with E-state index in [1.165, 1.54) is 11.1 Å². The Kier molecular flexibility index (Phi) is 13.0. The second-order valence-electron chi connectivity index (χ2n) is 10.2. The largest absolute Gasteiger partial charge is 0.490 e. The summed E-state index contributed by atoms with van der Waals surface area (Å²) in [7, 11) is 0. The molecule has 1 fully saturated rings. The molecule has 1 aromatic heterocycles. The molecular weight excluding hydrogens is 600 g/mol. The van der Waals surface area contributed by atoms with E-state index < -0.39 is 24.3 Å². The second-order valence-corrected chi connectivity index (χ2v) is 10.2. The number of amides is 1. The van der Waals surface area contributed by atoms with Crippen LogP contribution in [-0.4, -0.2) is 87.0 Å². The number of halogens is 6. The van der Waals surface area contributed by atoms with Gasteiger partial charge >= 0.3 is 24.3 Å². The zero-order valence-corrected chi connectivity index (χ0v) is 24.2. The number of piperidine rings is 1. The SMILES string of the molecule is CCN(CC)C(=O)CC1CC2(CCN(Cc3cccnc3)CC2)Oc2ccccc21.O=C(O)C(F)(F)F.O=C(O)C(F)(F)F. The lowest BCUT2D eigenvalue weighted by Gasteiger charge is -2.47. The molecule has 1 unspecified atom stereocenters. The van der Waals surface area contributed by atoms with Gasteiger partial charge in [-0.2, -0.15) is 26.3 Å². The Morgan fingerprint density at radius 3 is 1.98 bits per heavy atom. The van der Waals surface area contributed by atoms with Gasteiger partial charge in [0.25, 0.3) is 0 Å². The molecule has 9 nitrogen and oxygen atoms in total. The maximum Gasteiger partial charge on any atom is 0.490 e. The highest BCUT2D eigenvalue weighted by molar-refractivity contribution is 5.77. The molecule has 2 aromatic rings. The van der Waals surface area contributed by atoms with Gasteiger partial charge in [0.15, 0.2) is 0 Å². The molecule has 0 saturated carbocycles. The lowest BCUT2D eigenvalue weighted by atomic mass is 9.76. The van der Waals surface area contributed by atoms with Crippen LogP contribution in [0.4, 0.5) is 26.3 Å². The number of carboxylic acids is 2. The number of aliphatic carboxylic acids is 2. The van der Waals surface area contributed by atoms with Crippen molar-refractivity contribution in [1.82, 2.24) is 14.8 Å². The molecular formula is C29H35F6N3O6. The fraction of sp³-hybridized carbons (Fsp3) is 0.517. The Balaban J connectivity index is 0.000000402. The van der Waals surface area contributed by atoms with Crippen LogP contribution in [0.25, 0.3) is 0 Å². The van der Waals surface area contributed by atoms with Gasteiger partial charge in [0.2, 0.25) is 5.91 Å². The van der Waals surface area contributed by atoms with E-state index in [2.05, 4.69) is 48.0 Å². The number of hydrogen-bond donors (Lipinski definition) is 2. The molecule has 0 bridgehead atoms. The molecule has 1 atom stereocenters. The molecule has 0 aliphatic carbocycles. The fourth-order valence-corrected chi connectivity index (χ4v) is 5.02. The van der Waals surface area contributed by atoms with Gasteiger partial charge in [-0.25, -0.2) is 9.59 Å². The number of carboxylic acid groups (broad SMARTS) is 2. The van der Waals surface area contributed by atoms with Gasteiger partial charge in [-0.15, -0.1) is 0 Å². The summed E-state index contributed by atoms with van der Waals surface area (Å²) >= 11 is 0. The maximum absolute atomic E-state index is 12.9. The number of hydrogen-bond acceptors (Lipinski definition) is 6. The van der Waals surface area contributed by atoms with Gasteiger partial charge in [0.1, 0.15) is 11.4 Å². The van der Waals surface area contributed by atoms with Gasteiger partial charge in [0, 0.05) is 57.5 Å². The van der Waals surface area contributed by atoms with Crippen LogP contribution >= 0.6 is 0 Å². The normalized spacial score (nSPS) is 17.5. The molecule has 1 aromatic carbocycles. The number of benzene rings is 1. The Morgan fingerprint density at radius 2 is 1.50 bits per heavy atom. The molecule has 3 heterocycles. The van der Waals surface area contributed by atoms with Gasteiger partial charge in [-0.05, 0) is 56.4 Å². The van der Waals surface area contributed by atoms with E-state index in [0.717, 1.165) is 57.7 Å². The van der Waals surface area contributed by atoms with Crippen LogP contribution in [0.3, 0.4) is 0 Å². The maximum atomic E-state index is 12.9. The molecule has 1 spiro atoms. The fourth-order valence-electron chi connectivity index (χ4n) is 5.02. The van der Waals surface area contributed by atoms with Crippen LogP contribution in [-0.2, 0) is 20.9 Å². The standard InChI is InChI=1S/C25H33N3O2.2C2HF3O2/c1-3-28(4-2)24(29)16-21-17-25(30-23-10-6-5-9-22(21)23)11-14-27(15-12-25)19-20-8-7-13-26-18-20;2*3-2(4,5)1(6)7/h5-10,13,18,21H,3-4,11-12,14-17,19H2,1-2H3;2*(H,6,7). The third kappa shape index (κ3) is 11.0. The number of fused-ring (bicyclic) bond motifs is 1. The van der Waals surface area contributed by atoms with Crippen LogP contribution in [0.1, 0.15) is 56.6 Å². The number of aromatic nitrogens is 1. The Bertz CT molecular complexity index is 1210. The molecule has 44 heavy (non-hydrogen) atoms. The average Bonchev–Trinajstić information content (AvgIpc) is 2.95. The highest BCUT2D eigenvalue weighted by Gasteiger charge is 2.44. The predicted octanol–water partition coefficient (Wildman–Crippen LogP) is 5.51. The van der Waals surface area contributed by atoms with Gasteiger partial charge in [-0.3, -0.25) is 14.7 Å². The van der Waals surface area contributed by atoms with Gasteiger partial charge in [-0.1, -0.05) is 24.3 Å². The van der Waals surface area contributed by atoms with Crippen LogP contribution in [0, 0.1) is 0 Å². The number of carbonyl (C=O) groups excluding carboxylic acids is 1. The Hall–Kier alpha value is -3.88. The second kappa shape index (κ2) is 15.7. The number of likely N-dealkylation sites (tertiary alicyclic amines) is 1. The Morgan fingerprint density at radius 1 is 0.955 bits per heavy atom. The van der Waals surface area contributed by atoms with Crippen molar-refractivity contribution >= 4 is 17.8 Å². The molecule has 1 saturated heterocycles. The van der Waals surface area contributed by atoms with Crippen molar-refractivity contribution in [2.24, 2.45) is 0 Å². The number of rotatable bonds is 6. The van der Waals surface area contributed by atoms with Crippen molar-refractivity contribution in [3.8, 4) is 5.75 Å². The number of pyridine rings is 1. The zero-order chi connectivity index (χ0) is 33.1. The summed E-state index contributed by atoms with van der Waals surface area (Å²) in [4.78, 5) is 39.3. The summed E-state index contributed by atoms with van der Waals surface area (Å²) in [5, 5.41) is 14.2. The number of ether oxygens (including phenoxy) is 1. The van der Waals surface area contributed by atoms with E-state index in [1.807, 2.05) is 29.4 Å². The van der Waals surface area contributed by atoms with Crippen LogP contribution in [0.2, 0.25) is 0 Å². The van der Waals surface area contributed by atoms with Crippen molar-refractivity contribution in [2.75, 3.05) is 26.2 Å². The molecule has 4 rings (SSSR count). The highest BCUT2D eigenvalue weighted by atomic mass is 19.4. The first-order valence-corrected chi connectivity index (χ1v) is 13.8. The smallest absolute Gasteiger partial charge is 0.487 e. The topological polar surface area (TPSA) is 120 Å². The van der Waals surface area contributed by atoms with Gasteiger partial charge in [0.05, 0.1) is 0 Å². The first kappa shape index (κ1) is 36.3. The predicted molar refractivity (Wildman–Crippen MR) is 146 cm³/mol. The van der Waals surface area contributed by atoms with Crippen molar-refractivity contribution in [3.05, 3.63) is 59.9 Å². The van der Waals surface area contributed by atoms with E-state index in [4.69, 9.17) is 24.5 Å². The van der Waals surface area contributed by atoms with E-state index in [9.17, 15) is 31.1 Å². The minimum atomic E-state index is -5.08. The first-order chi connectivity index (χ1) is 20.5. The number of alkyl halides is 6. The molecule has 0 radical (unpaired) electrons. The minimum Gasteiger partial charge on any atom is -0.487 e. The summed E-state index contributed by atoms with van der Waals surface area (Å²) in [6.07, 6.45) is -2.90. The summed E-state index contributed by atoms with van der Waals surface area (Å²) in [6.45, 7) is 8.60. The third-order valence-electron chi connectivity index (χ3n) is 7.22. The molecule has 15 heteroatoms. The van der Waals surface area contributed by atoms with Crippen LogP contribution in [0.5, 0.6) is 5.75 Å². The number of carbonyl (C=O) groups is 3. The number of nitrogens with zero attached hydrogens (tertiary/aromatic N) is 3. The lowest BCUT2D eigenvalue weighted by molar-refractivity contribution is -0.193. The Labute approximate surface area is 250 Å². The molecule has 2 aliphatic heterocycles. The van der Waals surface area contributed by atoms with Gasteiger partial charge < -0.3 is 19.8 Å². The average molecular weight is 636 g/mol.